The Morgan fingerprint density at radius 3 is 2.60 bits per heavy atom. The summed E-state index contributed by atoms with van der Waals surface area (Å²) in [4.78, 5) is 19.8. The van der Waals surface area contributed by atoms with Crippen molar-refractivity contribution >= 4 is 17.3 Å². The molecule has 5 rings (SSSR count). The van der Waals surface area contributed by atoms with Gasteiger partial charge in [-0.3, -0.25) is 14.7 Å². The van der Waals surface area contributed by atoms with Crippen LogP contribution in [0.15, 0.2) is 53.5 Å². The van der Waals surface area contributed by atoms with Crippen molar-refractivity contribution in [2.75, 3.05) is 20.3 Å². The van der Waals surface area contributed by atoms with Crippen LogP contribution in [0, 0.1) is 11.7 Å². The van der Waals surface area contributed by atoms with Gasteiger partial charge in [0.25, 0.3) is 0 Å². The van der Waals surface area contributed by atoms with Gasteiger partial charge in [0.2, 0.25) is 5.91 Å². The molecule has 0 radical (unpaired) electrons. The maximum Gasteiger partial charge on any atom is 0.222 e. The van der Waals surface area contributed by atoms with Gasteiger partial charge in [0.1, 0.15) is 11.5 Å². The second-order valence-corrected chi connectivity index (χ2v) is 10.3. The minimum Gasteiger partial charge on any atom is -0.384 e. The summed E-state index contributed by atoms with van der Waals surface area (Å²) in [6.07, 6.45) is 5.95. The summed E-state index contributed by atoms with van der Waals surface area (Å²) in [6, 6.07) is 16.8. The number of aliphatic imine (C=N–C) groups is 1. The van der Waals surface area contributed by atoms with Crippen LogP contribution in [-0.2, 0) is 9.53 Å². The number of methoxy groups -OCH3 is 1. The molecule has 2 aromatic carbocycles. The van der Waals surface area contributed by atoms with E-state index in [1.54, 1.807) is 7.11 Å². The molecule has 2 saturated heterocycles. The lowest BCUT2D eigenvalue weighted by Crippen LogP contribution is -2.46. The first-order chi connectivity index (χ1) is 17.0. The summed E-state index contributed by atoms with van der Waals surface area (Å²) < 4.78 is 19.4. The standard InChI is InChI=1S/C29H36FN3O2/c1-19-28(24-9-6-10-25(30)29(24)31-19)21-17-22-11-12-23(18-21)33(22)15-13-26(20-7-4-3-5-8-20)32-27(34)14-16-35-2/h3-10,21-23,26,28H,11-18H2,1-2H3,(H,32,34). The lowest BCUT2D eigenvalue weighted by molar-refractivity contribution is -0.122. The van der Waals surface area contributed by atoms with E-state index < -0.39 is 0 Å². The zero-order valence-electron chi connectivity index (χ0n) is 20.8. The Bertz CT molecular complexity index is 1060. The first kappa shape index (κ1) is 24.1. The highest BCUT2D eigenvalue weighted by Gasteiger charge is 2.45. The largest absolute Gasteiger partial charge is 0.384 e. The van der Waals surface area contributed by atoms with Crippen LogP contribution in [0.4, 0.5) is 10.1 Å². The topological polar surface area (TPSA) is 53.9 Å². The van der Waals surface area contributed by atoms with Crippen molar-refractivity contribution in [2.45, 2.75) is 69.5 Å². The normalized spacial score (nSPS) is 26.3. The molecule has 35 heavy (non-hydrogen) atoms. The predicted octanol–water partition coefficient (Wildman–Crippen LogP) is 5.54. The van der Waals surface area contributed by atoms with E-state index in [9.17, 15) is 9.18 Å². The average Bonchev–Trinajstić information content (AvgIpc) is 3.32. The molecular formula is C29H36FN3O2. The van der Waals surface area contributed by atoms with Gasteiger partial charge in [-0.2, -0.15) is 0 Å². The number of para-hydroxylation sites is 1. The molecule has 4 atom stereocenters. The molecule has 3 aliphatic heterocycles. The number of rotatable bonds is 9. The molecule has 3 aliphatic rings. The van der Waals surface area contributed by atoms with E-state index in [4.69, 9.17) is 4.74 Å². The van der Waals surface area contributed by atoms with E-state index in [2.05, 4.69) is 40.3 Å². The van der Waals surface area contributed by atoms with Gasteiger partial charge in [-0.1, -0.05) is 42.5 Å². The summed E-state index contributed by atoms with van der Waals surface area (Å²) >= 11 is 0. The van der Waals surface area contributed by atoms with E-state index in [1.165, 1.54) is 18.9 Å². The number of carbonyl (C=O) groups is 1. The van der Waals surface area contributed by atoms with Crippen molar-refractivity contribution in [3.05, 3.63) is 65.5 Å². The lowest BCUT2D eigenvalue weighted by Gasteiger charge is -2.42. The number of benzene rings is 2. The molecule has 1 N–H and O–H groups in total. The molecule has 186 valence electrons. The molecule has 0 saturated carbocycles. The van der Waals surface area contributed by atoms with Crippen molar-refractivity contribution < 1.29 is 13.9 Å². The summed E-state index contributed by atoms with van der Waals surface area (Å²) in [7, 11) is 1.62. The van der Waals surface area contributed by atoms with Crippen molar-refractivity contribution in [1.82, 2.24) is 10.2 Å². The molecule has 5 nitrogen and oxygen atoms in total. The number of piperidine rings is 1. The van der Waals surface area contributed by atoms with Gasteiger partial charge >= 0.3 is 0 Å². The molecule has 0 aliphatic carbocycles. The number of amides is 1. The Morgan fingerprint density at radius 1 is 1.14 bits per heavy atom. The van der Waals surface area contributed by atoms with E-state index >= 15 is 0 Å². The number of carbonyl (C=O) groups excluding carboxylic acids is 1. The summed E-state index contributed by atoms with van der Waals surface area (Å²) in [5.41, 5.74) is 3.84. The summed E-state index contributed by atoms with van der Waals surface area (Å²) in [5.74, 6) is 0.575. The Morgan fingerprint density at radius 2 is 1.89 bits per heavy atom. The van der Waals surface area contributed by atoms with Crippen molar-refractivity contribution in [3.8, 4) is 0 Å². The van der Waals surface area contributed by atoms with Crippen molar-refractivity contribution in [2.24, 2.45) is 10.9 Å². The van der Waals surface area contributed by atoms with Crippen LogP contribution < -0.4 is 5.32 Å². The van der Waals surface area contributed by atoms with Gasteiger partial charge < -0.3 is 10.1 Å². The minimum atomic E-state index is -0.204. The van der Waals surface area contributed by atoms with Crippen LogP contribution in [0.2, 0.25) is 0 Å². The highest BCUT2D eigenvalue weighted by Crippen LogP contribution is 2.49. The van der Waals surface area contributed by atoms with Crippen LogP contribution >= 0.6 is 0 Å². The van der Waals surface area contributed by atoms with Gasteiger partial charge in [0, 0.05) is 43.8 Å². The van der Waals surface area contributed by atoms with Gasteiger partial charge in [-0.25, -0.2) is 4.39 Å². The zero-order chi connectivity index (χ0) is 24.4. The third kappa shape index (κ3) is 5.05. The first-order valence-electron chi connectivity index (χ1n) is 13.0. The Kier molecular flexibility index (Phi) is 7.30. The highest BCUT2D eigenvalue weighted by atomic mass is 19.1. The molecule has 1 amide bonds. The fourth-order valence-corrected chi connectivity index (χ4v) is 6.67. The lowest BCUT2D eigenvalue weighted by atomic mass is 9.76. The maximum absolute atomic E-state index is 14.4. The van der Waals surface area contributed by atoms with Crippen LogP contribution in [0.3, 0.4) is 0 Å². The molecule has 2 fully saturated rings. The third-order valence-corrected chi connectivity index (χ3v) is 8.23. The fraction of sp³-hybridized carbons (Fsp3) is 0.517. The van der Waals surface area contributed by atoms with Gasteiger partial charge in [0.15, 0.2) is 0 Å². The van der Waals surface area contributed by atoms with E-state index in [1.807, 2.05) is 24.3 Å². The number of nitrogens with zero attached hydrogens (tertiary/aromatic N) is 2. The zero-order valence-corrected chi connectivity index (χ0v) is 20.8. The van der Waals surface area contributed by atoms with Crippen molar-refractivity contribution in [3.63, 3.8) is 0 Å². The third-order valence-electron chi connectivity index (χ3n) is 8.23. The van der Waals surface area contributed by atoms with E-state index in [0.29, 0.717) is 36.7 Å². The number of hydrogen-bond acceptors (Lipinski definition) is 4. The van der Waals surface area contributed by atoms with Crippen LogP contribution in [-0.4, -0.2) is 48.9 Å². The smallest absolute Gasteiger partial charge is 0.222 e. The van der Waals surface area contributed by atoms with E-state index in [0.717, 1.165) is 42.6 Å². The van der Waals surface area contributed by atoms with Gasteiger partial charge in [-0.05, 0) is 62.1 Å². The number of fused-ring (bicyclic) bond motifs is 3. The molecular weight excluding hydrogens is 441 g/mol. The van der Waals surface area contributed by atoms with Crippen LogP contribution in [0.25, 0.3) is 0 Å². The monoisotopic (exact) mass is 477 g/mol. The maximum atomic E-state index is 14.4. The Balaban J connectivity index is 1.25. The summed E-state index contributed by atoms with van der Waals surface area (Å²) in [6.45, 7) is 3.46. The quantitative estimate of drug-likeness (QED) is 0.516. The molecule has 6 heteroatoms. The fourth-order valence-electron chi connectivity index (χ4n) is 6.67. The second-order valence-electron chi connectivity index (χ2n) is 10.3. The van der Waals surface area contributed by atoms with E-state index in [-0.39, 0.29) is 23.7 Å². The molecule has 0 spiro atoms. The molecule has 2 aromatic rings. The molecule has 3 heterocycles. The molecule has 4 unspecified atom stereocenters. The van der Waals surface area contributed by atoms with Gasteiger partial charge in [0.05, 0.1) is 12.6 Å². The van der Waals surface area contributed by atoms with Gasteiger partial charge in [-0.15, -0.1) is 0 Å². The predicted molar refractivity (Wildman–Crippen MR) is 137 cm³/mol. The number of hydrogen-bond donors (Lipinski definition) is 1. The molecule has 2 bridgehead atoms. The average molecular weight is 478 g/mol. The first-order valence-corrected chi connectivity index (χ1v) is 13.0. The second kappa shape index (κ2) is 10.6. The Labute approximate surface area is 207 Å². The molecule has 0 aromatic heterocycles. The van der Waals surface area contributed by atoms with Crippen LogP contribution in [0.5, 0.6) is 0 Å². The van der Waals surface area contributed by atoms with Crippen LogP contribution in [0.1, 0.15) is 68.5 Å². The minimum absolute atomic E-state index is 0.00302. The number of nitrogens with one attached hydrogen (secondary N) is 1. The highest BCUT2D eigenvalue weighted by molar-refractivity contribution is 5.96. The van der Waals surface area contributed by atoms with Crippen molar-refractivity contribution in [1.29, 1.82) is 0 Å². The Hall–Kier alpha value is -2.57. The SMILES string of the molecule is COCCC(=O)NC(CCN1C2CCC1CC(C1C(C)=Nc3c(F)cccc31)C2)c1ccccc1. The number of ether oxygens (including phenoxy) is 1. The number of halogens is 1. The summed E-state index contributed by atoms with van der Waals surface area (Å²) in [5, 5.41) is 3.24.